The van der Waals surface area contributed by atoms with Crippen LogP contribution in [0.4, 0.5) is 0 Å². The average molecular weight is 257 g/mol. The third-order valence-corrected chi connectivity index (χ3v) is 3.53. The van der Waals surface area contributed by atoms with Crippen LogP contribution in [-0.2, 0) is 0 Å². The summed E-state index contributed by atoms with van der Waals surface area (Å²) in [4.78, 5) is 0. The van der Waals surface area contributed by atoms with Gasteiger partial charge in [-0.25, -0.2) is 0 Å². The monoisotopic (exact) mass is 256 g/mol. The van der Waals surface area contributed by atoms with Crippen LogP contribution in [0.5, 0.6) is 11.5 Å². The van der Waals surface area contributed by atoms with Crippen LogP contribution in [0.2, 0.25) is 0 Å². The first-order chi connectivity index (χ1) is 8.08. The molecule has 1 aliphatic heterocycles. The number of halogens is 1. The third kappa shape index (κ3) is 2.50. The van der Waals surface area contributed by atoms with E-state index in [0.29, 0.717) is 17.4 Å². The number of rotatable bonds is 3. The maximum atomic E-state index is 9.87. The number of aliphatic hydroxyl groups is 1. The second kappa shape index (κ2) is 4.75. The van der Waals surface area contributed by atoms with Crippen molar-refractivity contribution in [3.63, 3.8) is 0 Å². The second-order valence-electron chi connectivity index (χ2n) is 4.49. The number of fused-ring (bicyclic) bond motifs is 1. The van der Waals surface area contributed by atoms with Crippen molar-refractivity contribution in [3.05, 3.63) is 23.8 Å². The molecular formula is C13H17ClO3. The fourth-order valence-electron chi connectivity index (χ4n) is 1.75. The molecule has 0 bridgehead atoms. The van der Waals surface area contributed by atoms with Crippen LogP contribution in [0.1, 0.15) is 31.7 Å². The fraction of sp³-hybridized carbons (Fsp3) is 0.538. The standard InChI is InChI=1S/C13H17ClO3/c1-3-9(2)10-4-5-11-12(6-10)16-8-13(15,7-14)17-11/h4-6,9,15H,3,7-8H2,1-2H3. The summed E-state index contributed by atoms with van der Waals surface area (Å²) in [5, 5.41) is 9.87. The van der Waals surface area contributed by atoms with Gasteiger partial charge in [0.25, 0.3) is 5.79 Å². The lowest BCUT2D eigenvalue weighted by molar-refractivity contribution is -0.156. The Labute approximate surface area is 106 Å². The van der Waals surface area contributed by atoms with Gasteiger partial charge in [-0.15, -0.1) is 11.6 Å². The molecule has 0 spiro atoms. The SMILES string of the molecule is CCC(C)c1ccc2c(c1)OCC(O)(CCl)O2. The molecule has 2 unspecified atom stereocenters. The van der Waals surface area contributed by atoms with Crippen molar-refractivity contribution in [3.8, 4) is 11.5 Å². The van der Waals surface area contributed by atoms with E-state index in [2.05, 4.69) is 13.8 Å². The van der Waals surface area contributed by atoms with Gasteiger partial charge in [-0.2, -0.15) is 0 Å². The number of ether oxygens (including phenoxy) is 2. The average Bonchev–Trinajstić information content (AvgIpc) is 2.37. The molecule has 0 aromatic heterocycles. The Morgan fingerprint density at radius 3 is 2.88 bits per heavy atom. The largest absolute Gasteiger partial charge is 0.483 e. The smallest absolute Gasteiger partial charge is 0.256 e. The van der Waals surface area contributed by atoms with Crippen LogP contribution < -0.4 is 9.47 Å². The van der Waals surface area contributed by atoms with Gasteiger partial charge in [-0.1, -0.05) is 19.9 Å². The molecule has 2 rings (SSSR count). The van der Waals surface area contributed by atoms with Crippen LogP contribution in [-0.4, -0.2) is 23.4 Å². The van der Waals surface area contributed by atoms with E-state index in [1.165, 1.54) is 5.56 Å². The van der Waals surface area contributed by atoms with E-state index >= 15 is 0 Å². The van der Waals surface area contributed by atoms with Crippen LogP contribution in [0.15, 0.2) is 18.2 Å². The van der Waals surface area contributed by atoms with Crippen LogP contribution in [0.3, 0.4) is 0 Å². The molecule has 1 heterocycles. The lowest BCUT2D eigenvalue weighted by Crippen LogP contribution is -2.46. The first-order valence-electron chi connectivity index (χ1n) is 5.82. The van der Waals surface area contributed by atoms with E-state index in [1.54, 1.807) is 0 Å². The molecule has 0 saturated carbocycles. The molecule has 4 heteroatoms. The van der Waals surface area contributed by atoms with Gasteiger partial charge >= 0.3 is 0 Å². The minimum atomic E-state index is -1.41. The molecule has 0 saturated heterocycles. The molecule has 94 valence electrons. The minimum Gasteiger partial charge on any atom is -0.483 e. The fourth-order valence-corrected chi connectivity index (χ4v) is 1.89. The van der Waals surface area contributed by atoms with E-state index in [-0.39, 0.29) is 12.5 Å². The molecule has 1 N–H and O–H groups in total. The zero-order valence-electron chi connectivity index (χ0n) is 10.1. The molecule has 2 atom stereocenters. The van der Waals surface area contributed by atoms with Crippen molar-refractivity contribution in [2.45, 2.75) is 32.0 Å². The van der Waals surface area contributed by atoms with Gasteiger partial charge in [0.2, 0.25) is 0 Å². The summed E-state index contributed by atoms with van der Waals surface area (Å²) in [6, 6.07) is 5.79. The predicted octanol–water partition coefficient (Wildman–Crippen LogP) is 2.90. The topological polar surface area (TPSA) is 38.7 Å². The van der Waals surface area contributed by atoms with Crippen molar-refractivity contribution < 1.29 is 14.6 Å². The van der Waals surface area contributed by atoms with Crippen molar-refractivity contribution in [1.29, 1.82) is 0 Å². The Morgan fingerprint density at radius 2 is 2.24 bits per heavy atom. The normalized spacial score (nSPS) is 24.5. The van der Waals surface area contributed by atoms with Gasteiger partial charge in [0, 0.05) is 0 Å². The van der Waals surface area contributed by atoms with E-state index in [9.17, 15) is 5.11 Å². The Hall–Kier alpha value is -0.930. The zero-order chi connectivity index (χ0) is 12.5. The summed E-state index contributed by atoms with van der Waals surface area (Å²) in [7, 11) is 0. The van der Waals surface area contributed by atoms with E-state index in [4.69, 9.17) is 21.1 Å². The van der Waals surface area contributed by atoms with E-state index < -0.39 is 5.79 Å². The first kappa shape index (κ1) is 12.5. The van der Waals surface area contributed by atoms with Crippen molar-refractivity contribution in [2.24, 2.45) is 0 Å². The van der Waals surface area contributed by atoms with Crippen LogP contribution in [0.25, 0.3) is 0 Å². The van der Waals surface area contributed by atoms with Gasteiger partial charge in [0.15, 0.2) is 18.1 Å². The molecule has 3 nitrogen and oxygen atoms in total. The number of benzene rings is 1. The third-order valence-electron chi connectivity index (χ3n) is 3.11. The highest BCUT2D eigenvalue weighted by atomic mass is 35.5. The van der Waals surface area contributed by atoms with Crippen molar-refractivity contribution in [2.75, 3.05) is 12.5 Å². The number of alkyl halides is 1. The molecule has 0 radical (unpaired) electrons. The number of hydrogen-bond donors (Lipinski definition) is 1. The van der Waals surface area contributed by atoms with Gasteiger partial charge < -0.3 is 14.6 Å². The van der Waals surface area contributed by atoms with Crippen LogP contribution >= 0.6 is 11.6 Å². The first-order valence-corrected chi connectivity index (χ1v) is 6.35. The summed E-state index contributed by atoms with van der Waals surface area (Å²) >= 11 is 5.64. The maximum Gasteiger partial charge on any atom is 0.256 e. The molecule has 1 aromatic rings. The Balaban J connectivity index is 2.25. The van der Waals surface area contributed by atoms with E-state index in [0.717, 1.165) is 6.42 Å². The highest BCUT2D eigenvalue weighted by Gasteiger charge is 2.34. The zero-order valence-corrected chi connectivity index (χ0v) is 10.8. The van der Waals surface area contributed by atoms with E-state index in [1.807, 2.05) is 18.2 Å². The molecule has 17 heavy (non-hydrogen) atoms. The summed E-state index contributed by atoms with van der Waals surface area (Å²) in [6.07, 6.45) is 1.07. The second-order valence-corrected chi connectivity index (χ2v) is 4.75. The quantitative estimate of drug-likeness (QED) is 0.846. The molecule has 0 fully saturated rings. The minimum absolute atomic E-state index is 0.0143. The van der Waals surface area contributed by atoms with Crippen LogP contribution in [0, 0.1) is 0 Å². The predicted molar refractivity (Wildman–Crippen MR) is 66.9 cm³/mol. The summed E-state index contributed by atoms with van der Waals surface area (Å²) in [6.45, 7) is 4.38. The summed E-state index contributed by atoms with van der Waals surface area (Å²) in [5.74, 6) is 0.285. The maximum absolute atomic E-state index is 9.87. The lowest BCUT2D eigenvalue weighted by atomic mass is 9.98. The number of hydrogen-bond acceptors (Lipinski definition) is 3. The van der Waals surface area contributed by atoms with Crippen molar-refractivity contribution >= 4 is 11.6 Å². The van der Waals surface area contributed by atoms with Crippen molar-refractivity contribution in [1.82, 2.24) is 0 Å². The van der Waals surface area contributed by atoms with Gasteiger partial charge in [0.1, 0.15) is 0 Å². The summed E-state index contributed by atoms with van der Waals surface area (Å²) in [5.41, 5.74) is 1.21. The Kier molecular flexibility index (Phi) is 3.50. The summed E-state index contributed by atoms with van der Waals surface area (Å²) < 4.78 is 10.9. The highest BCUT2D eigenvalue weighted by Crippen LogP contribution is 2.37. The Morgan fingerprint density at radius 1 is 1.47 bits per heavy atom. The molecule has 1 aromatic carbocycles. The highest BCUT2D eigenvalue weighted by molar-refractivity contribution is 6.18. The van der Waals surface area contributed by atoms with Gasteiger partial charge in [-0.05, 0) is 30.0 Å². The molecule has 0 amide bonds. The van der Waals surface area contributed by atoms with Gasteiger partial charge in [-0.3, -0.25) is 0 Å². The van der Waals surface area contributed by atoms with Gasteiger partial charge in [0.05, 0.1) is 5.88 Å². The molecular weight excluding hydrogens is 240 g/mol. The lowest BCUT2D eigenvalue weighted by Gasteiger charge is -2.32. The molecule has 1 aliphatic rings. The Bertz CT molecular complexity index is 408. The molecule has 0 aliphatic carbocycles.